The summed E-state index contributed by atoms with van der Waals surface area (Å²) >= 11 is 14.7. The minimum absolute atomic E-state index is 0.437. The predicted octanol–water partition coefficient (Wildman–Crippen LogP) is 3.30. The lowest BCUT2D eigenvalue weighted by Crippen LogP contribution is -3.06. The number of hydrogen-bond donors (Lipinski definition) is 1. The molecule has 0 atom stereocenters. The Bertz CT molecular complexity index is 1060. The first kappa shape index (κ1) is 20.4. The third-order valence-electron chi connectivity index (χ3n) is 4.74. The number of halogens is 2. The zero-order valence-electron chi connectivity index (χ0n) is 16.3. The summed E-state index contributed by atoms with van der Waals surface area (Å²) in [6.07, 6.45) is 0. The normalized spacial score (nSPS) is 13.1. The van der Waals surface area contributed by atoms with Crippen LogP contribution in [0.1, 0.15) is 22.8 Å². The fourth-order valence-electron chi connectivity index (χ4n) is 3.28. The number of quaternary nitrogens is 1. The first-order valence-corrected chi connectivity index (χ1v) is 11.3. The maximum absolute atomic E-state index is 6.49. The second kappa shape index (κ2) is 8.88. The summed E-state index contributed by atoms with van der Waals surface area (Å²) in [6.45, 7) is 1.55. The average molecular weight is 447 g/mol. The molecule has 3 aromatic rings. The van der Waals surface area contributed by atoms with E-state index in [-0.39, 0.29) is 0 Å². The first-order chi connectivity index (χ1) is 14.0. The minimum atomic E-state index is 0.437. The van der Waals surface area contributed by atoms with Gasteiger partial charge in [-0.3, -0.25) is 9.56 Å². The van der Waals surface area contributed by atoms with E-state index in [4.69, 9.17) is 28.2 Å². The highest BCUT2D eigenvalue weighted by atomic mass is 35.5. The monoisotopic (exact) mass is 446 g/mol. The molecule has 150 valence electrons. The molecule has 0 spiro atoms. The molecule has 1 aliphatic rings. The molecule has 29 heavy (non-hydrogen) atoms. The van der Waals surface area contributed by atoms with E-state index in [0.29, 0.717) is 16.6 Å². The fraction of sp³-hybridized carbons (Fsp3) is 0.286. The number of hydrogen-bond acceptors (Lipinski definition) is 4. The minimum Gasteiger partial charge on any atom is -0.339 e. The number of fused-ring (bicyclic) bond motifs is 3. The van der Waals surface area contributed by atoms with Crippen molar-refractivity contribution in [1.29, 1.82) is 0 Å². The summed E-state index contributed by atoms with van der Waals surface area (Å²) in [7, 11) is 4.33. The van der Waals surface area contributed by atoms with Gasteiger partial charge in [0.1, 0.15) is 12.4 Å². The van der Waals surface area contributed by atoms with Crippen molar-refractivity contribution in [3.8, 4) is 5.69 Å². The number of rotatable bonds is 6. The molecule has 2 aromatic carbocycles. The lowest BCUT2D eigenvalue weighted by atomic mass is 10.0. The molecule has 2 heterocycles. The number of nitrogens with one attached hydrogen (secondary N) is 1. The highest BCUT2D eigenvalue weighted by Crippen LogP contribution is 2.31. The van der Waals surface area contributed by atoms with Gasteiger partial charge in [0.2, 0.25) is 0 Å². The smallest absolute Gasteiger partial charge is 0.159 e. The molecule has 8 heteroatoms. The van der Waals surface area contributed by atoms with Crippen LogP contribution >= 0.6 is 35.0 Å². The van der Waals surface area contributed by atoms with Gasteiger partial charge in [-0.25, -0.2) is 0 Å². The molecule has 1 aliphatic heterocycles. The summed E-state index contributed by atoms with van der Waals surface area (Å²) in [6, 6.07) is 13.6. The van der Waals surface area contributed by atoms with E-state index in [1.165, 1.54) is 4.90 Å². The highest BCUT2D eigenvalue weighted by Gasteiger charge is 2.24. The molecule has 0 unspecified atom stereocenters. The number of aliphatic imine (C=N–C) groups is 1. The predicted molar refractivity (Wildman–Crippen MR) is 121 cm³/mol. The van der Waals surface area contributed by atoms with E-state index in [9.17, 15) is 0 Å². The second-order valence-electron chi connectivity index (χ2n) is 7.18. The number of nitrogens with zero attached hydrogens (tertiary/aromatic N) is 4. The van der Waals surface area contributed by atoms with Gasteiger partial charge in [0.25, 0.3) is 0 Å². The molecule has 0 aliphatic carbocycles. The maximum atomic E-state index is 6.49. The zero-order valence-corrected chi connectivity index (χ0v) is 18.7. The summed E-state index contributed by atoms with van der Waals surface area (Å²) < 4.78 is 2.12. The molecular formula is C21H22Cl2N5S+. The van der Waals surface area contributed by atoms with Crippen LogP contribution in [0.2, 0.25) is 10.0 Å². The Labute approximate surface area is 184 Å². The van der Waals surface area contributed by atoms with E-state index in [1.807, 2.05) is 54.2 Å². The fourth-order valence-corrected chi connectivity index (χ4v) is 4.74. The van der Waals surface area contributed by atoms with Crippen LogP contribution < -0.4 is 4.90 Å². The quantitative estimate of drug-likeness (QED) is 0.590. The molecule has 4 rings (SSSR count). The van der Waals surface area contributed by atoms with Gasteiger partial charge in [-0.15, -0.1) is 22.0 Å². The van der Waals surface area contributed by atoms with Crippen molar-refractivity contribution in [2.45, 2.75) is 12.3 Å². The van der Waals surface area contributed by atoms with E-state index in [2.05, 4.69) is 28.9 Å². The van der Waals surface area contributed by atoms with Gasteiger partial charge in [0, 0.05) is 26.9 Å². The lowest BCUT2D eigenvalue weighted by Gasteiger charge is -2.14. The largest absolute Gasteiger partial charge is 0.339 e. The van der Waals surface area contributed by atoms with Crippen molar-refractivity contribution in [3.63, 3.8) is 0 Å². The van der Waals surface area contributed by atoms with E-state index >= 15 is 0 Å². The second-order valence-corrected chi connectivity index (χ2v) is 9.13. The SMILES string of the molecule is C[NH+](C)CCSCc1nnc2n1-c1ccc(Cl)cc1C(c1ccccc1Cl)=NC2. The van der Waals surface area contributed by atoms with Gasteiger partial charge >= 0.3 is 0 Å². The topological polar surface area (TPSA) is 47.5 Å². The zero-order chi connectivity index (χ0) is 20.4. The van der Waals surface area contributed by atoms with Gasteiger partial charge in [0.15, 0.2) is 5.82 Å². The number of benzene rings is 2. The molecule has 0 saturated carbocycles. The van der Waals surface area contributed by atoms with Crippen LogP contribution in [-0.4, -0.2) is 46.9 Å². The molecule has 1 aromatic heterocycles. The number of thioether (sulfide) groups is 1. The van der Waals surface area contributed by atoms with Crippen molar-refractivity contribution < 1.29 is 4.90 Å². The Kier molecular flexibility index (Phi) is 6.25. The summed E-state index contributed by atoms with van der Waals surface area (Å²) in [5.74, 6) is 3.62. The summed E-state index contributed by atoms with van der Waals surface area (Å²) in [5, 5.41) is 10.2. The van der Waals surface area contributed by atoms with Crippen LogP contribution in [0.5, 0.6) is 0 Å². The van der Waals surface area contributed by atoms with Crippen LogP contribution in [0.15, 0.2) is 47.5 Å². The maximum Gasteiger partial charge on any atom is 0.159 e. The number of aromatic nitrogens is 3. The van der Waals surface area contributed by atoms with Crippen LogP contribution in [-0.2, 0) is 12.3 Å². The van der Waals surface area contributed by atoms with Crippen LogP contribution in [0.4, 0.5) is 0 Å². The molecule has 0 fully saturated rings. The van der Waals surface area contributed by atoms with Gasteiger partial charge in [0.05, 0.1) is 37.8 Å². The van der Waals surface area contributed by atoms with E-state index < -0.39 is 0 Å². The van der Waals surface area contributed by atoms with Gasteiger partial charge in [-0.05, 0) is 24.3 Å². The van der Waals surface area contributed by atoms with Crippen molar-refractivity contribution in [3.05, 3.63) is 75.3 Å². The van der Waals surface area contributed by atoms with Gasteiger partial charge in [-0.2, -0.15) is 0 Å². The highest BCUT2D eigenvalue weighted by molar-refractivity contribution is 7.98. The van der Waals surface area contributed by atoms with Crippen molar-refractivity contribution >= 4 is 40.7 Å². The third-order valence-corrected chi connectivity index (χ3v) is 6.26. The van der Waals surface area contributed by atoms with Crippen molar-refractivity contribution in [2.75, 3.05) is 26.4 Å². The molecule has 0 amide bonds. The van der Waals surface area contributed by atoms with Gasteiger partial charge in [-0.1, -0.05) is 41.4 Å². The molecule has 0 radical (unpaired) electrons. The average Bonchev–Trinajstić information content (AvgIpc) is 3.02. The Morgan fingerprint density at radius 3 is 2.69 bits per heavy atom. The Morgan fingerprint density at radius 1 is 1.07 bits per heavy atom. The van der Waals surface area contributed by atoms with E-state index in [1.54, 1.807) is 0 Å². The third kappa shape index (κ3) is 4.36. The summed E-state index contributed by atoms with van der Waals surface area (Å²) in [5.41, 5.74) is 3.64. The van der Waals surface area contributed by atoms with Crippen molar-refractivity contribution in [2.24, 2.45) is 4.99 Å². The Balaban J connectivity index is 1.75. The van der Waals surface area contributed by atoms with Crippen LogP contribution in [0, 0.1) is 0 Å². The van der Waals surface area contributed by atoms with Gasteiger partial charge < -0.3 is 4.90 Å². The molecule has 0 bridgehead atoms. The molecule has 1 N–H and O–H groups in total. The molecular weight excluding hydrogens is 425 g/mol. The Morgan fingerprint density at radius 2 is 1.90 bits per heavy atom. The Hall–Kier alpha value is -1.86. The molecule has 0 saturated heterocycles. The summed E-state index contributed by atoms with van der Waals surface area (Å²) in [4.78, 5) is 6.29. The van der Waals surface area contributed by atoms with Crippen LogP contribution in [0.25, 0.3) is 5.69 Å². The standard InChI is InChI=1S/C21H21Cl2N5S/c1-27(2)9-10-29-13-20-26-25-19-12-24-21(15-5-3-4-6-17(15)23)16-11-14(22)7-8-18(16)28(19)20/h3-8,11H,9-10,12-13H2,1-2H3/p+1. The lowest BCUT2D eigenvalue weighted by molar-refractivity contribution is -0.855. The molecule has 5 nitrogen and oxygen atoms in total. The first-order valence-electron chi connectivity index (χ1n) is 9.44. The van der Waals surface area contributed by atoms with E-state index in [0.717, 1.165) is 52.2 Å². The van der Waals surface area contributed by atoms with Crippen molar-refractivity contribution in [1.82, 2.24) is 14.8 Å². The van der Waals surface area contributed by atoms with Crippen LogP contribution in [0.3, 0.4) is 0 Å².